The first-order valence-corrected chi connectivity index (χ1v) is 5.80. The first-order valence-electron chi connectivity index (χ1n) is 5.80. The molecule has 0 fully saturated rings. The topological polar surface area (TPSA) is 63.3 Å². The van der Waals surface area contributed by atoms with Gasteiger partial charge in [-0.25, -0.2) is 4.79 Å². The highest BCUT2D eigenvalue weighted by atomic mass is 16.5. The highest BCUT2D eigenvalue weighted by molar-refractivity contribution is 5.96. The Labute approximate surface area is 105 Å². The molecule has 0 amide bonds. The highest BCUT2D eigenvalue weighted by Gasteiger charge is 2.25. The summed E-state index contributed by atoms with van der Waals surface area (Å²) in [7, 11) is 0. The maximum atomic E-state index is 11.4. The van der Waals surface area contributed by atoms with Gasteiger partial charge in [-0.3, -0.25) is 0 Å². The molecular formula is C14H15NO3. The summed E-state index contributed by atoms with van der Waals surface area (Å²) in [5.74, 6) is -0.599. The molecule has 0 saturated heterocycles. The molecule has 4 nitrogen and oxygen atoms in total. The Bertz CT molecular complexity index is 584. The van der Waals surface area contributed by atoms with Crippen LogP contribution in [0.25, 0.3) is 11.3 Å². The van der Waals surface area contributed by atoms with Crippen molar-refractivity contribution in [1.82, 2.24) is 5.16 Å². The lowest BCUT2D eigenvalue weighted by Crippen LogP contribution is -2.02. The number of aromatic nitrogens is 1. The van der Waals surface area contributed by atoms with Gasteiger partial charge in [0.25, 0.3) is 0 Å². The van der Waals surface area contributed by atoms with Gasteiger partial charge in [0.05, 0.1) is 0 Å². The van der Waals surface area contributed by atoms with Crippen molar-refractivity contribution in [2.45, 2.75) is 26.7 Å². The van der Waals surface area contributed by atoms with E-state index in [1.807, 2.05) is 45.0 Å². The summed E-state index contributed by atoms with van der Waals surface area (Å²) in [6.07, 6.45) is 0. The van der Waals surface area contributed by atoms with E-state index in [4.69, 9.17) is 4.52 Å². The maximum Gasteiger partial charge on any atom is 0.341 e. The van der Waals surface area contributed by atoms with Gasteiger partial charge in [0.15, 0.2) is 5.76 Å². The van der Waals surface area contributed by atoms with E-state index in [0.717, 1.165) is 11.1 Å². The highest BCUT2D eigenvalue weighted by Crippen LogP contribution is 2.30. The number of hydrogen-bond acceptors (Lipinski definition) is 3. The van der Waals surface area contributed by atoms with Crippen LogP contribution in [0, 0.1) is 6.92 Å². The van der Waals surface area contributed by atoms with Crippen LogP contribution in [0.1, 0.15) is 41.4 Å². The normalized spacial score (nSPS) is 10.9. The molecule has 1 heterocycles. The van der Waals surface area contributed by atoms with Crippen LogP contribution in [0.5, 0.6) is 0 Å². The second kappa shape index (κ2) is 4.64. The third kappa shape index (κ3) is 2.14. The molecule has 18 heavy (non-hydrogen) atoms. The summed E-state index contributed by atoms with van der Waals surface area (Å²) in [6.45, 7) is 5.72. The zero-order valence-electron chi connectivity index (χ0n) is 10.6. The van der Waals surface area contributed by atoms with Gasteiger partial charge in [0, 0.05) is 11.5 Å². The SMILES string of the molecule is Cc1cccc(-c2noc(C(C)C)c2C(=O)O)c1. The lowest BCUT2D eigenvalue weighted by molar-refractivity contribution is 0.0694. The standard InChI is InChI=1S/C14H15NO3/c1-8(2)13-11(14(16)17)12(15-18-13)10-6-4-5-9(3)7-10/h4-8H,1-3H3,(H,16,17). The Balaban J connectivity index is 2.62. The van der Waals surface area contributed by atoms with Crippen LogP contribution in [0.15, 0.2) is 28.8 Å². The van der Waals surface area contributed by atoms with Crippen LogP contribution in [-0.2, 0) is 0 Å². The Kier molecular flexibility index (Phi) is 3.19. The molecule has 0 atom stereocenters. The summed E-state index contributed by atoms with van der Waals surface area (Å²) in [6, 6.07) is 7.56. The van der Waals surface area contributed by atoms with Crippen molar-refractivity contribution in [1.29, 1.82) is 0 Å². The molecule has 0 saturated carbocycles. The molecular weight excluding hydrogens is 230 g/mol. The van der Waals surface area contributed by atoms with Crippen molar-refractivity contribution in [3.05, 3.63) is 41.2 Å². The number of aryl methyl sites for hydroxylation is 1. The van der Waals surface area contributed by atoms with Crippen molar-refractivity contribution in [2.24, 2.45) is 0 Å². The molecule has 1 N–H and O–H groups in total. The van der Waals surface area contributed by atoms with Crippen LogP contribution in [0.2, 0.25) is 0 Å². The quantitative estimate of drug-likeness (QED) is 0.899. The maximum absolute atomic E-state index is 11.4. The third-order valence-corrected chi connectivity index (χ3v) is 2.75. The van der Waals surface area contributed by atoms with Gasteiger partial charge in [-0.2, -0.15) is 0 Å². The number of carboxylic acids is 1. The summed E-state index contributed by atoms with van der Waals surface area (Å²) >= 11 is 0. The van der Waals surface area contributed by atoms with Gasteiger partial charge >= 0.3 is 5.97 Å². The van der Waals surface area contributed by atoms with E-state index in [1.54, 1.807) is 0 Å². The Morgan fingerprint density at radius 2 is 2.11 bits per heavy atom. The molecule has 0 aliphatic heterocycles. The zero-order chi connectivity index (χ0) is 13.3. The molecule has 0 radical (unpaired) electrons. The van der Waals surface area contributed by atoms with E-state index < -0.39 is 5.97 Å². The number of rotatable bonds is 3. The average molecular weight is 245 g/mol. The van der Waals surface area contributed by atoms with Gasteiger partial charge in [-0.15, -0.1) is 0 Å². The van der Waals surface area contributed by atoms with Crippen molar-refractivity contribution < 1.29 is 14.4 Å². The van der Waals surface area contributed by atoms with Crippen molar-refractivity contribution in [3.63, 3.8) is 0 Å². The van der Waals surface area contributed by atoms with Crippen molar-refractivity contribution in [2.75, 3.05) is 0 Å². The third-order valence-electron chi connectivity index (χ3n) is 2.75. The first kappa shape index (κ1) is 12.4. The van der Waals surface area contributed by atoms with Gasteiger partial charge < -0.3 is 9.63 Å². The summed E-state index contributed by atoms with van der Waals surface area (Å²) < 4.78 is 5.18. The fourth-order valence-corrected chi connectivity index (χ4v) is 1.89. The van der Waals surface area contributed by atoms with Crippen LogP contribution in [-0.4, -0.2) is 16.2 Å². The van der Waals surface area contributed by atoms with E-state index in [9.17, 15) is 9.90 Å². The smallest absolute Gasteiger partial charge is 0.341 e. The summed E-state index contributed by atoms with van der Waals surface area (Å²) in [5.41, 5.74) is 2.38. The molecule has 2 aromatic rings. The Morgan fingerprint density at radius 3 is 2.67 bits per heavy atom. The Hall–Kier alpha value is -2.10. The molecule has 1 aromatic heterocycles. The molecule has 0 spiro atoms. The minimum Gasteiger partial charge on any atom is -0.477 e. The molecule has 0 aliphatic rings. The minimum atomic E-state index is -1.00. The van der Waals surface area contributed by atoms with Crippen molar-refractivity contribution >= 4 is 5.97 Å². The second-order valence-corrected chi connectivity index (χ2v) is 4.60. The van der Waals surface area contributed by atoms with Gasteiger partial charge in [-0.05, 0) is 13.0 Å². The number of nitrogens with zero attached hydrogens (tertiary/aromatic N) is 1. The minimum absolute atomic E-state index is 0.0119. The molecule has 94 valence electrons. The monoisotopic (exact) mass is 245 g/mol. The second-order valence-electron chi connectivity index (χ2n) is 4.60. The molecule has 1 aromatic carbocycles. The fourth-order valence-electron chi connectivity index (χ4n) is 1.89. The lowest BCUT2D eigenvalue weighted by atomic mass is 10.0. The van der Waals surface area contributed by atoms with Crippen LogP contribution < -0.4 is 0 Å². The van der Waals surface area contributed by atoms with Crippen LogP contribution in [0.4, 0.5) is 0 Å². The summed E-state index contributed by atoms with van der Waals surface area (Å²) in [5, 5.41) is 13.2. The van der Waals surface area contributed by atoms with E-state index in [-0.39, 0.29) is 11.5 Å². The number of carbonyl (C=O) groups is 1. The largest absolute Gasteiger partial charge is 0.477 e. The molecule has 0 aliphatic carbocycles. The van der Waals surface area contributed by atoms with Crippen molar-refractivity contribution in [3.8, 4) is 11.3 Å². The van der Waals surface area contributed by atoms with Gasteiger partial charge in [-0.1, -0.05) is 42.8 Å². The predicted molar refractivity (Wildman–Crippen MR) is 67.7 cm³/mol. The molecule has 0 bridgehead atoms. The average Bonchev–Trinajstić information content (AvgIpc) is 2.73. The Morgan fingerprint density at radius 1 is 1.39 bits per heavy atom. The van der Waals surface area contributed by atoms with Crippen LogP contribution >= 0.6 is 0 Å². The zero-order valence-corrected chi connectivity index (χ0v) is 10.6. The molecule has 0 unspecified atom stereocenters. The van der Waals surface area contributed by atoms with Gasteiger partial charge in [0.2, 0.25) is 0 Å². The number of aromatic carboxylic acids is 1. The number of benzene rings is 1. The number of hydrogen-bond donors (Lipinski definition) is 1. The summed E-state index contributed by atoms with van der Waals surface area (Å²) in [4.78, 5) is 11.4. The van der Waals surface area contributed by atoms with Crippen LogP contribution in [0.3, 0.4) is 0 Å². The lowest BCUT2D eigenvalue weighted by Gasteiger charge is -2.02. The molecule has 2 rings (SSSR count). The van der Waals surface area contributed by atoms with E-state index in [2.05, 4.69) is 5.16 Å². The predicted octanol–water partition coefficient (Wildman–Crippen LogP) is 3.47. The molecule has 4 heteroatoms. The van der Waals surface area contributed by atoms with E-state index >= 15 is 0 Å². The van der Waals surface area contributed by atoms with Gasteiger partial charge in [0.1, 0.15) is 11.3 Å². The number of carboxylic acid groups (broad SMARTS) is 1. The van der Waals surface area contributed by atoms with E-state index in [1.165, 1.54) is 0 Å². The van der Waals surface area contributed by atoms with E-state index in [0.29, 0.717) is 11.5 Å². The first-order chi connectivity index (χ1) is 8.50. The fraction of sp³-hybridized carbons (Fsp3) is 0.286.